The molecule has 1 aromatic heterocycles. The molecule has 1 aliphatic rings. The molecule has 0 aliphatic carbocycles. The van der Waals surface area contributed by atoms with Gasteiger partial charge in [-0.25, -0.2) is 4.98 Å². The summed E-state index contributed by atoms with van der Waals surface area (Å²) in [7, 11) is 1.17. The number of benzene rings is 2. The van der Waals surface area contributed by atoms with Crippen molar-refractivity contribution >= 4 is 28.1 Å². The van der Waals surface area contributed by atoms with Crippen molar-refractivity contribution in [2.75, 3.05) is 30.0 Å². The van der Waals surface area contributed by atoms with Gasteiger partial charge in [0.25, 0.3) is 0 Å². The molecule has 6 nitrogen and oxygen atoms in total. The first kappa shape index (κ1) is 18.4. The maximum Gasteiger partial charge on any atom is 0.229 e. The minimum Gasteiger partial charge on any atom is -0.497 e. The van der Waals surface area contributed by atoms with E-state index in [9.17, 15) is 0 Å². The van der Waals surface area contributed by atoms with E-state index in [1.54, 1.807) is 7.11 Å². The van der Waals surface area contributed by atoms with Crippen molar-refractivity contribution in [3.63, 3.8) is 0 Å². The smallest absolute Gasteiger partial charge is 0.229 e. The van der Waals surface area contributed by atoms with Crippen LogP contribution in [0.5, 0.6) is 5.75 Å². The van der Waals surface area contributed by atoms with Crippen molar-refractivity contribution in [2.45, 2.75) is 17.7 Å². The van der Waals surface area contributed by atoms with Crippen molar-refractivity contribution < 1.29 is 4.74 Å². The molecule has 0 saturated carbocycles. The number of rotatable bonds is 2. The van der Waals surface area contributed by atoms with Crippen molar-refractivity contribution in [1.29, 1.82) is 4.78 Å². The van der Waals surface area contributed by atoms with Crippen LogP contribution < -0.4 is 15.4 Å². The summed E-state index contributed by atoms with van der Waals surface area (Å²) < 4.78 is 13.7. The average molecular weight is 394 g/mol. The maximum absolute atomic E-state index is 8.42. The van der Waals surface area contributed by atoms with Gasteiger partial charge in [-0.1, -0.05) is 28.9 Å². The third kappa shape index (κ3) is 4.14. The van der Waals surface area contributed by atoms with Gasteiger partial charge in [-0.2, -0.15) is 4.98 Å². The van der Waals surface area contributed by atoms with Gasteiger partial charge >= 0.3 is 0 Å². The number of nitrogens with one attached hydrogen (secondary N) is 3. The Morgan fingerprint density at radius 2 is 1.96 bits per heavy atom. The molecule has 1 unspecified atom stereocenters. The number of aromatic nitrogens is 2. The van der Waals surface area contributed by atoms with Crippen LogP contribution in [-0.4, -0.2) is 29.4 Å². The molecule has 0 spiro atoms. The Morgan fingerprint density at radius 3 is 2.79 bits per heavy atom. The van der Waals surface area contributed by atoms with Gasteiger partial charge in [-0.05, 0) is 48.7 Å². The van der Waals surface area contributed by atoms with Crippen LogP contribution >= 0.6 is 0 Å². The monoisotopic (exact) mass is 393 g/mol. The molecule has 4 bridgehead atoms. The Hall–Kier alpha value is -2.93. The first-order chi connectivity index (χ1) is 13.7. The Morgan fingerprint density at radius 1 is 1.11 bits per heavy atom. The molecule has 2 heterocycles. The Bertz CT molecular complexity index is 990. The van der Waals surface area contributed by atoms with Gasteiger partial charge in [0.05, 0.1) is 7.11 Å². The van der Waals surface area contributed by atoms with Crippen molar-refractivity contribution in [1.82, 2.24) is 9.97 Å². The second kappa shape index (κ2) is 8.39. The number of anilines is 3. The number of hydrogen-bond acceptors (Lipinski definition) is 6. The summed E-state index contributed by atoms with van der Waals surface area (Å²) in [5, 5.41) is 6.74. The van der Waals surface area contributed by atoms with E-state index in [1.807, 2.05) is 54.7 Å². The molecule has 1 aliphatic heterocycles. The van der Waals surface area contributed by atoms with Gasteiger partial charge < -0.3 is 15.4 Å². The van der Waals surface area contributed by atoms with Gasteiger partial charge in [0.15, 0.2) is 0 Å². The molecule has 0 saturated heterocycles. The summed E-state index contributed by atoms with van der Waals surface area (Å²) in [5.74, 6) is 3.05. The highest BCUT2D eigenvalue weighted by molar-refractivity contribution is 7.86. The molecule has 3 N–H and O–H groups in total. The first-order valence-electron chi connectivity index (χ1n) is 9.27. The lowest BCUT2D eigenvalue weighted by Gasteiger charge is -2.13. The van der Waals surface area contributed by atoms with Gasteiger partial charge in [0.2, 0.25) is 5.95 Å². The number of fused-ring (bicyclic) bond motifs is 4. The Balaban J connectivity index is 1.70. The summed E-state index contributed by atoms with van der Waals surface area (Å²) >= 11 is 0. The molecule has 1 atom stereocenters. The van der Waals surface area contributed by atoms with Crippen LogP contribution in [0.25, 0.3) is 11.1 Å². The molecule has 4 rings (SSSR count). The zero-order chi connectivity index (χ0) is 19.3. The quantitative estimate of drug-likeness (QED) is 0.580. The second-order valence-corrected chi connectivity index (χ2v) is 8.23. The van der Waals surface area contributed by atoms with E-state index in [-0.39, 0.29) is 0 Å². The van der Waals surface area contributed by atoms with Crippen LogP contribution in [0, 0.1) is 4.78 Å². The van der Waals surface area contributed by atoms with E-state index in [2.05, 4.69) is 15.6 Å². The number of hydrogen-bond donors (Lipinski definition) is 3. The standard InChI is InChI=1S/C21H23N5OS/c1-27-17-9-7-15(8-10-17)19-14-24-21-25-16-5-4-6-18(13-16)28(22)12-3-2-11-23-20(19)26-21/h4-10,13-14,22H,2-3,11-12H2,1H3,(H2,23,24,25,26). The zero-order valence-electron chi connectivity index (χ0n) is 15.7. The first-order valence-corrected chi connectivity index (χ1v) is 10.7. The highest BCUT2D eigenvalue weighted by Crippen LogP contribution is 2.29. The predicted octanol–water partition coefficient (Wildman–Crippen LogP) is 4.84. The lowest BCUT2D eigenvalue weighted by molar-refractivity contribution is 0.415. The third-order valence-electron chi connectivity index (χ3n) is 4.63. The van der Waals surface area contributed by atoms with E-state index < -0.39 is 10.7 Å². The number of methoxy groups -OCH3 is 1. The second-order valence-electron chi connectivity index (χ2n) is 6.57. The van der Waals surface area contributed by atoms with Crippen molar-refractivity contribution in [2.24, 2.45) is 0 Å². The van der Waals surface area contributed by atoms with Gasteiger partial charge in [-0.3, -0.25) is 4.78 Å². The van der Waals surface area contributed by atoms with Crippen LogP contribution in [0.1, 0.15) is 12.8 Å². The molecule has 0 radical (unpaired) electrons. The molecule has 0 fully saturated rings. The highest BCUT2D eigenvalue weighted by Gasteiger charge is 2.11. The summed E-state index contributed by atoms with van der Waals surface area (Å²) in [6.07, 6.45) is 3.85. The zero-order valence-corrected chi connectivity index (χ0v) is 16.6. The predicted molar refractivity (Wildman–Crippen MR) is 115 cm³/mol. The number of ether oxygens (including phenoxy) is 1. The van der Waals surface area contributed by atoms with Gasteiger partial charge in [-0.15, -0.1) is 0 Å². The summed E-state index contributed by atoms with van der Waals surface area (Å²) in [5.41, 5.74) is 2.90. The average Bonchev–Trinajstić information content (AvgIpc) is 2.74. The van der Waals surface area contributed by atoms with Crippen molar-refractivity contribution in [3.8, 4) is 16.9 Å². The molecule has 2 aromatic carbocycles. The van der Waals surface area contributed by atoms with Gasteiger partial charge in [0.1, 0.15) is 11.6 Å². The molecule has 144 valence electrons. The Labute approximate surface area is 167 Å². The lowest BCUT2D eigenvalue weighted by Crippen LogP contribution is -2.08. The maximum atomic E-state index is 8.42. The molecule has 0 amide bonds. The summed E-state index contributed by atoms with van der Waals surface area (Å²) in [6, 6.07) is 15.9. The molecule has 3 aromatic rings. The van der Waals surface area contributed by atoms with E-state index in [4.69, 9.17) is 14.5 Å². The Kier molecular flexibility index (Phi) is 5.53. The fourth-order valence-corrected chi connectivity index (χ4v) is 4.35. The van der Waals surface area contributed by atoms with Crippen LogP contribution in [-0.2, 0) is 10.7 Å². The van der Waals surface area contributed by atoms with E-state index >= 15 is 0 Å². The fourth-order valence-electron chi connectivity index (χ4n) is 3.11. The fraction of sp³-hybridized carbons (Fsp3) is 0.238. The summed E-state index contributed by atoms with van der Waals surface area (Å²) in [6.45, 7) is 0.814. The minimum atomic E-state index is -0.497. The minimum absolute atomic E-state index is 0.497. The van der Waals surface area contributed by atoms with Crippen molar-refractivity contribution in [3.05, 3.63) is 54.7 Å². The normalized spacial score (nSPS) is 16.5. The lowest BCUT2D eigenvalue weighted by atomic mass is 10.1. The molecule has 7 heteroatoms. The van der Waals surface area contributed by atoms with E-state index in [0.717, 1.165) is 58.4 Å². The summed E-state index contributed by atoms with van der Waals surface area (Å²) in [4.78, 5) is 10.3. The van der Waals surface area contributed by atoms with Crippen LogP contribution in [0.2, 0.25) is 0 Å². The largest absolute Gasteiger partial charge is 0.497 e. The van der Waals surface area contributed by atoms with Crippen LogP contribution in [0.4, 0.5) is 17.5 Å². The highest BCUT2D eigenvalue weighted by atomic mass is 32.2. The third-order valence-corrected chi connectivity index (χ3v) is 6.15. The number of nitrogens with zero attached hydrogens (tertiary/aromatic N) is 2. The van der Waals surface area contributed by atoms with Crippen LogP contribution in [0.15, 0.2) is 59.6 Å². The van der Waals surface area contributed by atoms with Crippen LogP contribution in [0.3, 0.4) is 0 Å². The molecular weight excluding hydrogens is 370 g/mol. The molecule has 28 heavy (non-hydrogen) atoms. The topological polar surface area (TPSA) is 82.9 Å². The molecular formula is C21H23N5OS. The van der Waals surface area contributed by atoms with E-state index in [0.29, 0.717) is 5.95 Å². The van der Waals surface area contributed by atoms with E-state index in [1.165, 1.54) is 0 Å². The van der Waals surface area contributed by atoms with Gasteiger partial charge in [0, 0.05) is 34.6 Å². The SMILES string of the molecule is COc1ccc(-c2cnc3nc2NCCCCS(=N)c2cccc(c2)N3)cc1.